The highest BCUT2D eigenvalue weighted by Gasteiger charge is 2.10. The minimum atomic E-state index is -0.553. The number of nitrogens with one attached hydrogen (secondary N) is 1. The fourth-order valence-corrected chi connectivity index (χ4v) is 1.84. The van der Waals surface area contributed by atoms with E-state index in [-0.39, 0.29) is 12.5 Å². The van der Waals surface area contributed by atoms with E-state index in [0.717, 1.165) is 5.56 Å². The molecular weight excluding hydrogens is 229 g/mol. The van der Waals surface area contributed by atoms with Crippen LogP contribution in [-0.4, -0.2) is 17.3 Å². The number of halogens is 2. The van der Waals surface area contributed by atoms with Gasteiger partial charge in [0, 0.05) is 11.9 Å². The van der Waals surface area contributed by atoms with Crippen LogP contribution in [0, 0.1) is 6.92 Å². The van der Waals surface area contributed by atoms with Crippen molar-refractivity contribution in [2.24, 2.45) is 0 Å². The van der Waals surface area contributed by atoms with Gasteiger partial charge in [-0.15, -0.1) is 23.2 Å². The van der Waals surface area contributed by atoms with E-state index in [0.29, 0.717) is 5.56 Å². The third-order valence-corrected chi connectivity index (χ3v) is 2.69. The lowest BCUT2D eigenvalue weighted by molar-refractivity contribution is 0.0955. The maximum Gasteiger partial charge on any atom is 0.252 e. The second-order valence-electron chi connectivity index (χ2n) is 2.57. The summed E-state index contributed by atoms with van der Waals surface area (Å²) in [7, 11) is 0. The molecule has 13 heavy (non-hydrogen) atoms. The molecule has 0 saturated heterocycles. The summed E-state index contributed by atoms with van der Waals surface area (Å²) in [4.78, 5) is 10.9. The Morgan fingerprint density at radius 2 is 2.31 bits per heavy atom. The third-order valence-electron chi connectivity index (χ3n) is 1.52. The van der Waals surface area contributed by atoms with Crippen LogP contribution >= 0.6 is 34.5 Å². The van der Waals surface area contributed by atoms with Crippen LogP contribution in [0.1, 0.15) is 15.9 Å². The molecule has 1 aromatic heterocycles. The number of carbonyl (C=O) groups is 1. The lowest BCUT2D eigenvalue weighted by atomic mass is 10.2. The number of rotatable bonds is 3. The fraction of sp³-hybridized carbons (Fsp3) is 0.375. The lowest BCUT2D eigenvalue weighted by Crippen LogP contribution is -2.27. The van der Waals surface area contributed by atoms with E-state index in [1.54, 1.807) is 0 Å². The Kier molecular flexibility index (Phi) is 4.03. The maximum absolute atomic E-state index is 11.4. The lowest BCUT2D eigenvalue weighted by Gasteiger charge is -2.04. The van der Waals surface area contributed by atoms with Gasteiger partial charge in [-0.2, -0.15) is 11.3 Å². The van der Waals surface area contributed by atoms with Crippen molar-refractivity contribution in [1.29, 1.82) is 0 Å². The van der Waals surface area contributed by atoms with Gasteiger partial charge in [-0.3, -0.25) is 4.79 Å². The van der Waals surface area contributed by atoms with Crippen molar-refractivity contribution in [3.63, 3.8) is 0 Å². The zero-order valence-electron chi connectivity index (χ0n) is 7.01. The molecule has 0 spiro atoms. The smallest absolute Gasteiger partial charge is 0.252 e. The van der Waals surface area contributed by atoms with E-state index in [2.05, 4.69) is 5.32 Å². The van der Waals surface area contributed by atoms with Gasteiger partial charge in [0.1, 0.15) is 4.84 Å². The van der Waals surface area contributed by atoms with Crippen molar-refractivity contribution in [2.75, 3.05) is 6.54 Å². The molecule has 0 unspecified atom stereocenters. The first-order valence-electron chi connectivity index (χ1n) is 3.70. The minimum absolute atomic E-state index is 0.120. The van der Waals surface area contributed by atoms with E-state index >= 15 is 0 Å². The minimum Gasteiger partial charge on any atom is -0.349 e. The van der Waals surface area contributed by atoms with Crippen molar-refractivity contribution < 1.29 is 4.79 Å². The molecule has 0 aliphatic carbocycles. The molecule has 0 saturated carbocycles. The zero-order chi connectivity index (χ0) is 9.84. The van der Waals surface area contributed by atoms with Crippen LogP contribution in [0.5, 0.6) is 0 Å². The van der Waals surface area contributed by atoms with Crippen LogP contribution < -0.4 is 5.32 Å². The fourth-order valence-electron chi connectivity index (χ4n) is 0.858. The van der Waals surface area contributed by atoms with E-state index in [1.165, 1.54) is 11.3 Å². The van der Waals surface area contributed by atoms with E-state index in [4.69, 9.17) is 23.2 Å². The first-order valence-corrected chi connectivity index (χ1v) is 5.52. The van der Waals surface area contributed by atoms with Gasteiger partial charge < -0.3 is 5.32 Å². The molecule has 72 valence electrons. The predicted molar refractivity (Wildman–Crippen MR) is 56.9 cm³/mol. The number of thiophene rings is 1. The number of hydrogen-bond donors (Lipinski definition) is 1. The zero-order valence-corrected chi connectivity index (χ0v) is 9.34. The summed E-state index contributed by atoms with van der Waals surface area (Å²) >= 11 is 12.5. The van der Waals surface area contributed by atoms with Gasteiger partial charge in [-0.05, 0) is 17.9 Å². The Morgan fingerprint density at radius 1 is 1.62 bits per heavy atom. The Labute approximate surface area is 90.8 Å². The summed E-state index contributed by atoms with van der Waals surface area (Å²) in [6.45, 7) is 2.17. The molecule has 2 nitrogen and oxygen atoms in total. The van der Waals surface area contributed by atoms with Gasteiger partial charge in [-0.1, -0.05) is 0 Å². The molecule has 1 rings (SSSR count). The van der Waals surface area contributed by atoms with Gasteiger partial charge in [-0.25, -0.2) is 0 Å². The molecule has 1 N–H and O–H groups in total. The second-order valence-corrected chi connectivity index (χ2v) is 4.59. The molecule has 5 heteroatoms. The van der Waals surface area contributed by atoms with Crippen LogP contribution in [0.15, 0.2) is 10.8 Å². The second kappa shape index (κ2) is 4.84. The quantitative estimate of drug-likeness (QED) is 0.805. The molecule has 0 radical (unpaired) electrons. The number of alkyl halides is 2. The topological polar surface area (TPSA) is 29.1 Å². The van der Waals surface area contributed by atoms with Gasteiger partial charge >= 0.3 is 0 Å². The highest BCUT2D eigenvalue weighted by Crippen LogP contribution is 2.13. The Morgan fingerprint density at radius 3 is 2.77 bits per heavy atom. The standard InChI is InChI=1S/C8H9Cl2NOS/c1-5-3-13-4-6(5)8(12)11-2-7(9)10/h3-4,7H,2H2,1H3,(H,11,12). The largest absolute Gasteiger partial charge is 0.349 e. The third kappa shape index (κ3) is 3.18. The molecule has 1 heterocycles. The summed E-state index contributed by atoms with van der Waals surface area (Å²) in [6, 6.07) is 0. The van der Waals surface area contributed by atoms with Crippen molar-refractivity contribution in [3.8, 4) is 0 Å². The molecule has 1 amide bonds. The van der Waals surface area contributed by atoms with Gasteiger partial charge in [0.25, 0.3) is 5.91 Å². The maximum atomic E-state index is 11.4. The molecule has 0 aromatic carbocycles. The Bertz CT molecular complexity index is 298. The summed E-state index contributed by atoms with van der Waals surface area (Å²) in [6.07, 6.45) is 0. The molecule has 0 aliphatic rings. The summed E-state index contributed by atoms with van der Waals surface area (Å²) in [5.74, 6) is -0.120. The highest BCUT2D eigenvalue weighted by molar-refractivity contribution is 7.08. The molecule has 1 aromatic rings. The number of carbonyl (C=O) groups excluding carboxylic acids is 1. The molecule has 0 fully saturated rings. The predicted octanol–water partition coefficient (Wildman–Crippen LogP) is 2.59. The van der Waals surface area contributed by atoms with Crippen molar-refractivity contribution in [1.82, 2.24) is 5.32 Å². The van der Waals surface area contributed by atoms with Gasteiger partial charge in [0.15, 0.2) is 0 Å². The average Bonchev–Trinajstić information content (AvgIpc) is 2.47. The molecule has 0 atom stereocenters. The van der Waals surface area contributed by atoms with E-state index < -0.39 is 4.84 Å². The van der Waals surface area contributed by atoms with Crippen molar-refractivity contribution in [3.05, 3.63) is 21.9 Å². The van der Waals surface area contributed by atoms with E-state index in [1.807, 2.05) is 17.7 Å². The van der Waals surface area contributed by atoms with Gasteiger partial charge in [0.2, 0.25) is 0 Å². The van der Waals surface area contributed by atoms with Crippen LogP contribution in [0.25, 0.3) is 0 Å². The van der Waals surface area contributed by atoms with Crippen LogP contribution in [0.3, 0.4) is 0 Å². The molecule has 0 bridgehead atoms. The van der Waals surface area contributed by atoms with Crippen molar-refractivity contribution >= 4 is 40.4 Å². The summed E-state index contributed by atoms with van der Waals surface area (Å²) in [5.41, 5.74) is 1.67. The molecule has 0 aliphatic heterocycles. The normalized spacial score (nSPS) is 10.5. The highest BCUT2D eigenvalue weighted by atomic mass is 35.5. The number of hydrogen-bond acceptors (Lipinski definition) is 2. The van der Waals surface area contributed by atoms with Crippen LogP contribution in [0.2, 0.25) is 0 Å². The van der Waals surface area contributed by atoms with E-state index in [9.17, 15) is 4.79 Å². The summed E-state index contributed by atoms with van der Waals surface area (Å²) < 4.78 is 0. The SMILES string of the molecule is Cc1cscc1C(=O)NCC(Cl)Cl. The number of amides is 1. The molecular formula is C8H9Cl2NOS. The summed E-state index contributed by atoms with van der Waals surface area (Å²) in [5, 5.41) is 6.36. The Balaban J connectivity index is 2.54. The monoisotopic (exact) mass is 237 g/mol. The first-order chi connectivity index (χ1) is 6.11. The van der Waals surface area contributed by atoms with Gasteiger partial charge in [0.05, 0.1) is 5.56 Å². The van der Waals surface area contributed by atoms with Crippen molar-refractivity contribution in [2.45, 2.75) is 11.8 Å². The average molecular weight is 238 g/mol. The van der Waals surface area contributed by atoms with Crippen LogP contribution in [0.4, 0.5) is 0 Å². The first kappa shape index (κ1) is 10.8. The Hall–Kier alpha value is -0.250. The van der Waals surface area contributed by atoms with Crippen LogP contribution in [-0.2, 0) is 0 Å². The number of aryl methyl sites for hydroxylation is 1.